The van der Waals surface area contributed by atoms with E-state index < -0.39 is 0 Å². The van der Waals surface area contributed by atoms with Gasteiger partial charge in [-0.15, -0.1) is 0 Å². The quantitative estimate of drug-likeness (QED) is 0.328. The highest BCUT2D eigenvalue weighted by Gasteiger charge is 2.16. The van der Waals surface area contributed by atoms with Crippen LogP contribution in [0.2, 0.25) is 0 Å². The van der Waals surface area contributed by atoms with E-state index in [2.05, 4.69) is 97.1 Å². The van der Waals surface area contributed by atoms with Gasteiger partial charge in [0, 0.05) is 11.3 Å². The second-order valence-electron chi connectivity index (χ2n) is 7.21. The van der Waals surface area contributed by atoms with Crippen LogP contribution < -0.4 is 5.73 Å². The molecule has 0 aliphatic rings. The largest absolute Gasteiger partial charge is 0.398 e. The molecule has 138 valence electrons. The van der Waals surface area contributed by atoms with Crippen LogP contribution in [0.3, 0.4) is 0 Å². The molecule has 0 fully saturated rings. The molecule has 0 aliphatic heterocycles. The minimum atomic E-state index is 0.795. The lowest BCUT2D eigenvalue weighted by atomic mass is 9.86. The number of nitrogen functional groups attached to an aromatic ring is 1. The van der Waals surface area contributed by atoms with E-state index in [9.17, 15) is 0 Å². The Morgan fingerprint density at radius 3 is 1.76 bits per heavy atom. The van der Waals surface area contributed by atoms with Crippen molar-refractivity contribution in [1.82, 2.24) is 0 Å². The smallest absolute Gasteiger partial charge is 0.0393 e. The van der Waals surface area contributed by atoms with E-state index in [0.29, 0.717) is 0 Å². The van der Waals surface area contributed by atoms with E-state index in [1.807, 2.05) is 18.2 Å². The van der Waals surface area contributed by atoms with Crippen molar-refractivity contribution in [2.75, 3.05) is 5.73 Å². The molecule has 1 heteroatoms. The van der Waals surface area contributed by atoms with Crippen molar-refractivity contribution in [1.29, 1.82) is 0 Å². The van der Waals surface area contributed by atoms with E-state index in [0.717, 1.165) is 16.8 Å². The summed E-state index contributed by atoms with van der Waals surface area (Å²) in [5.41, 5.74) is 14.3. The van der Waals surface area contributed by atoms with Crippen LogP contribution in [0.15, 0.2) is 115 Å². The van der Waals surface area contributed by atoms with Crippen LogP contribution >= 0.6 is 0 Å². The molecule has 0 saturated carbocycles. The zero-order valence-corrected chi connectivity index (χ0v) is 16.0. The van der Waals surface area contributed by atoms with Gasteiger partial charge in [-0.3, -0.25) is 0 Å². The van der Waals surface area contributed by atoms with E-state index >= 15 is 0 Å². The van der Waals surface area contributed by atoms with Crippen LogP contribution in [0.25, 0.3) is 44.2 Å². The van der Waals surface area contributed by atoms with Crippen LogP contribution in [-0.4, -0.2) is 0 Å². The summed E-state index contributed by atoms with van der Waals surface area (Å²) in [4.78, 5) is 0. The van der Waals surface area contributed by atoms with Crippen molar-refractivity contribution in [2.24, 2.45) is 0 Å². The van der Waals surface area contributed by atoms with Crippen molar-refractivity contribution in [3.63, 3.8) is 0 Å². The molecular weight excluding hydrogens is 350 g/mol. The first-order chi connectivity index (χ1) is 14.3. The monoisotopic (exact) mass is 371 g/mol. The zero-order valence-electron chi connectivity index (χ0n) is 16.0. The molecule has 5 aromatic carbocycles. The van der Waals surface area contributed by atoms with Gasteiger partial charge in [0.15, 0.2) is 0 Å². The second-order valence-corrected chi connectivity index (χ2v) is 7.21. The number of para-hydroxylation sites is 1. The van der Waals surface area contributed by atoms with Crippen molar-refractivity contribution in [3.8, 4) is 33.4 Å². The minimum Gasteiger partial charge on any atom is -0.398 e. The van der Waals surface area contributed by atoms with Crippen molar-refractivity contribution in [2.45, 2.75) is 0 Å². The Hall–Kier alpha value is -3.84. The third-order valence-corrected chi connectivity index (χ3v) is 5.44. The maximum Gasteiger partial charge on any atom is 0.0393 e. The van der Waals surface area contributed by atoms with Gasteiger partial charge in [0.1, 0.15) is 0 Å². The second kappa shape index (κ2) is 7.29. The topological polar surface area (TPSA) is 26.0 Å². The fourth-order valence-corrected chi connectivity index (χ4v) is 4.11. The number of benzene rings is 5. The average Bonchev–Trinajstić information content (AvgIpc) is 2.79. The molecule has 0 amide bonds. The lowest BCUT2D eigenvalue weighted by Crippen LogP contribution is -1.93. The Labute approximate surface area is 171 Å². The lowest BCUT2D eigenvalue weighted by Gasteiger charge is -2.18. The van der Waals surface area contributed by atoms with Gasteiger partial charge in [-0.2, -0.15) is 0 Å². The Bertz CT molecular complexity index is 1290. The van der Waals surface area contributed by atoms with E-state index in [4.69, 9.17) is 5.73 Å². The standard InChI is InChI=1S/C28H21N/c29-26-17-8-7-15-24(26)25-16-9-14-22-18-19-23(20-10-3-1-4-11-20)27(28(22)25)21-12-5-2-6-13-21/h1-19H,29H2. The van der Waals surface area contributed by atoms with Crippen LogP contribution in [0.5, 0.6) is 0 Å². The lowest BCUT2D eigenvalue weighted by molar-refractivity contribution is 1.59. The predicted octanol–water partition coefficient (Wildman–Crippen LogP) is 7.42. The first-order valence-electron chi connectivity index (χ1n) is 9.84. The van der Waals surface area contributed by atoms with Crippen molar-refractivity contribution >= 4 is 16.5 Å². The molecule has 2 N–H and O–H groups in total. The van der Waals surface area contributed by atoms with Gasteiger partial charge in [-0.1, -0.05) is 109 Å². The summed E-state index contributed by atoms with van der Waals surface area (Å²) in [7, 11) is 0. The molecule has 0 unspecified atom stereocenters. The third kappa shape index (κ3) is 3.07. The van der Waals surface area contributed by atoms with Gasteiger partial charge in [0.05, 0.1) is 0 Å². The highest BCUT2D eigenvalue weighted by atomic mass is 14.6. The predicted molar refractivity (Wildman–Crippen MR) is 125 cm³/mol. The molecule has 5 rings (SSSR count). The first-order valence-corrected chi connectivity index (χ1v) is 9.84. The number of anilines is 1. The summed E-state index contributed by atoms with van der Waals surface area (Å²) in [5.74, 6) is 0. The van der Waals surface area contributed by atoms with E-state index in [1.165, 1.54) is 33.0 Å². The van der Waals surface area contributed by atoms with Crippen LogP contribution in [0.1, 0.15) is 0 Å². The fourth-order valence-electron chi connectivity index (χ4n) is 4.11. The molecule has 0 bridgehead atoms. The molecule has 0 saturated heterocycles. The van der Waals surface area contributed by atoms with Crippen LogP contribution in [0.4, 0.5) is 5.69 Å². The number of fused-ring (bicyclic) bond motifs is 1. The molecule has 0 atom stereocenters. The summed E-state index contributed by atoms with van der Waals surface area (Å²) in [6.07, 6.45) is 0. The van der Waals surface area contributed by atoms with Crippen LogP contribution in [-0.2, 0) is 0 Å². The molecule has 29 heavy (non-hydrogen) atoms. The van der Waals surface area contributed by atoms with E-state index in [-0.39, 0.29) is 0 Å². The van der Waals surface area contributed by atoms with Gasteiger partial charge in [0.2, 0.25) is 0 Å². The zero-order chi connectivity index (χ0) is 19.6. The highest BCUT2D eigenvalue weighted by molar-refractivity contribution is 6.12. The average molecular weight is 371 g/mol. The summed E-state index contributed by atoms with van der Waals surface area (Å²) in [6.45, 7) is 0. The molecule has 0 aliphatic carbocycles. The van der Waals surface area contributed by atoms with Crippen molar-refractivity contribution < 1.29 is 0 Å². The minimum absolute atomic E-state index is 0.795. The summed E-state index contributed by atoms with van der Waals surface area (Å²) >= 11 is 0. The Morgan fingerprint density at radius 2 is 1.03 bits per heavy atom. The molecular formula is C28H21N. The van der Waals surface area contributed by atoms with Crippen LogP contribution in [0, 0.1) is 0 Å². The number of nitrogens with two attached hydrogens (primary N) is 1. The third-order valence-electron chi connectivity index (χ3n) is 5.44. The Balaban J connectivity index is 1.94. The summed E-state index contributed by atoms with van der Waals surface area (Å²) in [6, 6.07) is 40.3. The highest BCUT2D eigenvalue weighted by Crippen LogP contribution is 2.43. The van der Waals surface area contributed by atoms with Gasteiger partial charge in [0.25, 0.3) is 0 Å². The Morgan fingerprint density at radius 1 is 0.414 bits per heavy atom. The SMILES string of the molecule is Nc1ccccc1-c1cccc2ccc(-c3ccccc3)c(-c3ccccc3)c12. The maximum absolute atomic E-state index is 6.38. The Kier molecular flexibility index (Phi) is 4.34. The molecule has 0 radical (unpaired) electrons. The molecule has 5 aromatic rings. The van der Waals surface area contributed by atoms with Crippen molar-refractivity contribution in [3.05, 3.63) is 115 Å². The van der Waals surface area contributed by atoms with Gasteiger partial charge >= 0.3 is 0 Å². The van der Waals surface area contributed by atoms with Gasteiger partial charge < -0.3 is 5.73 Å². The first kappa shape index (κ1) is 17.3. The summed E-state index contributed by atoms with van der Waals surface area (Å²) < 4.78 is 0. The number of rotatable bonds is 3. The number of hydrogen-bond donors (Lipinski definition) is 1. The number of hydrogen-bond acceptors (Lipinski definition) is 1. The molecule has 0 heterocycles. The van der Waals surface area contributed by atoms with Gasteiger partial charge in [-0.05, 0) is 44.7 Å². The maximum atomic E-state index is 6.38. The molecule has 0 aromatic heterocycles. The summed E-state index contributed by atoms with van der Waals surface area (Å²) in [5, 5.41) is 2.45. The van der Waals surface area contributed by atoms with E-state index in [1.54, 1.807) is 0 Å². The molecule has 0 spiro atoms. The molecule has 1 nitrogen and oxygen atoms in total. The normalized spacial score (nSPS) is 10.9. The van der Waals surface area contributed by atoms with Gasteiger partial charge in [-0.25, -0.2) is 0 Å². The fraction of sp³-hybridized carbons (Fsp3) is 0.